The molecule has 1 aliphatic rings. The number of halogens is 1. The van der Waals surface area contributed by atoms with Crippen molar-refractivity contribution in [3.63, 3.8) is 0 Å². The summed E-state index contributed by atoms with van der Waals surface area (Å²) in [5.41, 5.74) is 0.681. The third-order valence-corrected chi connectivity index (χ3v) is 3.78. The van der Waals surface area contributed by atoms with Crippen LogP contribution in [-0.4, -0.2) is 47.8 Å². The van der Waals surface area contributed by atoms with Crippen molar-refractivity contribution in [1.82, 2.24) is 4.90 Å². The number of benzene rings is 1. The number of rotatable bonds is 2. The van der Waals surface area contributed by atoms with Gasteiger partial charge in [0.25, 0.3) is 5.91 Å². The van der Waals surface area contributed by atoms with Gasteiger partial charge < -0.3 is 14.7 Å². The first-order valence-electron chi connectivity index (χ1n) is 5.91. The van der Waals surface area contributed by atoms with Crippen molar-refractivity contribution in [2.24, 2.45) is 0 Å². The fourth-order valence-electron chi connectivity index (χ4n) is 1.97. The van der Waals surface area contributed by atoms with Gasteiger partial charge in [0.2, 0.25) is 0 Å². The number of ether oxygens (including phenoxy) is 1. The van der Waals surface area contributed by atoms with Crippen LogP contribution in [0.5, 0.6) is 0 Å². The number of amides is 1. The van der Waals surface area contributed by atoms with E-state index in [1.165, 1.54) is 0 Å². The molecule has 0 aliphatic carbocycles. The number of carbonyl (C=O) groups is 1. The molecule has 1 N–H and O–H groups in total. The van der Waals surface area contributed by atoms with Crippen LogP contribution in [0.2, 0.25) is 0 Å². The largest absolute Gasteiger partial charge is 0.394 e. The summed E-state index contributed by atoms with van der Waals surface area (Å²) >= 11 is 2.21. The van der Waals surface area contributed by atoms with Crippen molar-refractivity contribution in [2.45, 2.75) is 19.1 Å². The molecule has 2 atom stereocenters. The van der Waals surface area contributed by atoms with Crippen LogP contribution in [0, 0.1) is 3.57 Å². The molecular weight excluding hydrogens is 345 g/mol. The van der Waals surface area contributed by atoms with E-state index in [-0.39, 0.29) is 24.7 Å². The Balaban J connectivity index is 2.13. The molecule has 1 heterocycles. The van der Waals surface area contributed by atoms with Crippen molar-refractivity contribution in [3.8, 4) is 0 Å². The van der Waals surface area contributed by atoms with E-state index < -0.39 is 0 Å². The standard InChI is InChI=1S/C13H16INO3/c1-9-8-18-12(7-16)6-15(9)13(17)10-2-4-11(14)5-3-10/h2-5,9,12,16H,6-8H2,1H3. The van der Waals surface area contributed by atoms with Crippen molar-refractivity contribution in [2.75, 3.05) is 19.8 Å². The normalized spacial score (nSPS) is 24.1. The molecule has 2 rings (SSSR count). The lowest BCUT2D eigenvalue weighted by Crippen LogP contribution is -2.52. The summed E-state index contributed by atoms with van der Waals surface area (Å²) in [4.78, 5) is 14.1. The molecule has 4 nitrogen and oxygen atoms in total. The quantitative estimate of drug-likeness (QED) is 0.813. The minimum Gasteiger partial charge on any atom is -0.394 e. The van der Waals surface area contributed by atoms with E-state index in [0.717, 1.165) is 3.57 Å². The predicted molar refractivity (Wildman–Crippen MR) is 76.5 cm³/mol. The maximum atomic E-state index is 12.4. The molecule has 0 saturated carbocycles. The van der Waals surface area contributed by atoms with Gasteiger partial charge in [-0.25, -0.2) is 0 Å². The molecule has 18 heavy (non-hydrogen) atoms. The Morgan fingerprint density at radius 1 is 1.50 bits per heavy atom. The Kier molecular flexibility index (Phi) is 4.58. The number of aliphatic hydroxyl groups is 1. The van der Waals surface area contributed by atoms with Crippen LogP contribution in [0.1, 0.15) is 17.3 Å². The summed E-state index contributed by atoms with van der Waals surface area (Å²) in [6, 6.07) is 7.55. The van der Waals surface area contributed by atoms with E-state index in [2.05, 4.69) is 22.6 Å². The molecule has 0 radical (unpaired) electrons. The van der Waals surface area contributed by atoms with Gasteiger partial charge in [-0.1, -0.05) is 0 Å². The fourth-order valence-corrected chi connectivity index (χ4v) is 2.33. The van der Waals surface area contributed by atoms with E-state index in [1.807, 2.05) is 31.2 Å². The monoisotopic (exact) mass is 361 g/mol. The van der Waals surface area contributed by atoms with Crippen LogP contribution >= 0.6 is 22.6 Å². The van der Waals surface area contributed by atoms with Gasteiger partial charge in [0.05, 0.1) is 25.4 Å². The Morgan fingerprint density at radius 2 is 2.17 bits per heavy atom. The zero-order valence-corrected chi connectivity index (χ0v) is 12.3. The van der Waals surface area contributed by atoms with E-state index in [9.17, 15) is 4.79 Å². The van der Waals surface area contributed by atoms with Gasteiger partial charge in [0, 0.05) is 15.7 Å². The third-order valence-electron chi connectivity index (χ3n) is 3.06. The molecule has 1 fully saturated rings. The Bertz CT molecular complexity index is 421. The number of hydrogen-bond donors (Lipinski definition) is 1. The minimum absolute atomic E-state index is 0.000602. The zero-order chi connectivity index (χ0) is 13.1. The van der Waals surface area contributed by atoms with E-state index >= 15 is 0 Å². The van der Waals surface area contributed by atoms with Gasteiger partial charge in [0.15, 0.2) is 0 Å². The van der Waals surface area contributed by atoms with E-state index in [0.29, 0.717) is 18.7 Å². The molecule has 1 aromatic carbocycles. The molecule has 1 aromatic rings. The number of nitrogens with zero attached hydrogens (tertiary/aromatic N) is 1. The van der Waals surface area contributed by atoms with Crippen molar-refractivity contribution in [3.05, 3.63) is 33.4 Å². The van der Waals surface area contributed by atoms with Crippen LogP contribution in [0.4, 0.5) is 0 Å². The molecule has 0 aromatic heterocycles. The maximum Gasteiger partial charge on any atom is 0.254 e. The molecule has 1 aliphatic heterocycles. The summed E-state index contributed by atoms with van der Waals surface area (Å²) < 4.78 is 6.53. The average molecular weight is 361 g/mol. The first-order valence-corrected chi connectivity index (χ1v) is 6.98. The highest BCUT2D eigenvalue weighted by atomic mass is 127. The highest BCUT2D eigenvalue weighted by molar-refractivity contribution is 14.1. The van der Waals surface area contributed by atoms with Gasteiger partial charge in [-0.3, -0.25) is 4.79 Å². The first-order chi connectivity index (χ1) is 8.61. The second-order valence-electron chi connectivity index (χ2n) is 4.45. The topological polar surface area (TPSA) is 49.8 Å². The Morgan fingerprint density at radius 3 is 2.78 bits per heavy atom. The highest BCUT2D eigenvalue weighted by Gasteiger charge is 2.29. The summed E-state index contributed by atoms with van der Waals surface area (Å²) in [7, 11) is 0. The summed E-state index contributed by atoms with van der Waals surface area (Å²) in [6.45, 7) is 2.82. The second-order valence-corrected chi connectivity index (χ2v) is 5.70. The van der Waals surface area contributed by atoms with Crippen LogP contribution in [0.15, 0.2) is 24.3 Å². The minimum atomic E-state index is -0.269. The van der Waals surface area contributed by atoms with Crippen LogP contribution in [-0.2, 0) is 4.74 Å². The highest BCUT2D eigenvalue weighted by Crippen LogP contribution is 2.16. The molecule has 2 unspecified atom stereocenters. The molecule has 5 heteroatoms. The number of carbonyl (C=O) groups excluding carboxylic acids is 1. The van der Waals surface area contributed by atoms with Gasteiger partial charge in [-0.15, -0.1) is 0 Å². The average Bonchev–Trinajstić information content (AvgIpc) is 2.39. The number of aliphatic hydroxyl groups excluding tert-OH is 1. The number of morpholine rings is 1. The molecule has 98 valence electrons. The SMILES string of the molecule is CC1COC(CO)CN1C(=O)c1ccc(I)cc1. The molecule has 0 spiro atoms. The van der Waals surface area contributed by atoms with Crippen LogP contribution in [0.3, 0.4) is 0 Å². The van der Waals surface area contributed by atoms with Gasteiger partial charge in [0.1, 0.15) is 0 Å². The lowest BCUT2D eigenvalue weighted by atomic mass is 10.1. The summed E-state index contributed by atoms with van der Waals surface area (Å²) in [6.07, 6.45) is -0.269. The Labute approximate surface area is 120 Å². The van der Waals surface area contributed by atoms with Gasteiger partial charge in [-0.05, 0) is 53.8 Å². The Hall–Kier alpha value is -0.660. The predicted octanol–water partition coefficient (Wildman–Crippen LogP) is 1.51. The van der Waals surface area contributed by atoms with Gasteiger partial charge in [-0.2, -0.15) is 0 Å². The fraction of sp³-hybridized carbons (Fsp3) is 0.462. The lowest BCUT2D eigenvalue weighted by molar-refractivity contribution is -0.0667. The third kappa shape index (κ3) is 3.02. The van der Waals surface area contributed by atoms with Crippen LogP contribution < -0.4 is 0 Å². The molecule has 1 amide bonds. The summed E-state index contributed by atoms with van der Waals surface area (Å²) in [5.74, 6) is 0.000602. The van der Waals surface area contributed by atoms with Crippen LogP contribution in [0.25, 0.3) is 0 Å². The lowest BCUT2D eigenvalue weighted by Gasteiger charge is -2.37. The molecule has 1 saturated heterocycles. The molecule has 0 bridgehead atoms. The molecular formula is C13H16INO3. The maximum absolute atomic E-state index is 12.4. The second kappa shape index (κ2) is 5.99. The smallest absolute Gasteiger partial charge is 0.254 e. The van der Waals surface area contributed by atoms with Crippen molar-refractivity contribution in [1.29, 1.82) is 0 Å². The van der Waals surface area contributed by atoms with Gasteiger partial charge >= 0.3 is 0 Å². The van der Waals surface area contributed by atoms with Crippen molar-refractivity contribution >= 4 is 28.5 Å². The van der Waals surface area contributed by atoms with Crippen molar-refractivity contribution < 1.29 is 14.6 Å². The van der Waals surface area contributed by atoms with E-state index in [1.54, 1.807) is 4.90 Å². The number of hydrogen-bond acceptors (Lipinski definition) is 3. The zero-order valence-electron chi connectivity index (χ0n) is 10.2. The first kappa shape index (κ1) is 13.8. The summed E-state index contributed by atoms with van der Waals surface area (Å²) in [5, 5.41) is 9.12. The van der Waals surface area contributed by atoms with E-state index in [4.69, 9.17) is 9.84 Å².